The molecule has 1 atom stereocenters. The third-order valence-corrected chi connectivity index (χ3v) is 4.22. The summed E-state index contributed by atoms with van der Waals surface area (Å²) in [6.07, 6.45) is 4.42. The lowest BCUT2D eigenvalue weighted by Crippen LogP contribution is -2.43. The number of amides is 2. The number of carbonyl (C=O) groups is 2. The van der Waals surface area contributed by atoms with Gasteiger partial charge in [-0.25, -0.2) is 4.39 Å². The fourth-order valence-electron chi connectivity index (χ4n) is 2.79. The van der Waals surface area contributed by atoms with Crippen molar-refractivity contribution >= 4 is 23.2 Å². The van der Waals surface area contributed by atoms with Gasteiger partial charge in [-0.2, -0.15) is 5.10 Å². The lowest BCUT2D eigenvalue weighted by atomic mass is 10.2. The molecule has 3 rings (SSSR count). The Morgan fingerprint density at radius 2 is 2.12 bits per heavy atom. The fourth-order valence-corrected chi connectivity index (χ4v) is 2.79. The van der Waals surface area contributed by atoms with Gasteiger partial charge in [0.2, 0.25) is 0 Å². The van der Waals surface area contributed by atoms with Crippen LogP contribution in [0.1, 0.15) is 12.0 Å². The maximum atomic E-state index is 13.5. The molecule has 0 radical (unpaired) electrons. The van der Waals surface area contributed by atoms with E-state index in [4.69, 9.17) is 0 Å². The van der Waals surface area contributed by atoms with E-state index in [1.807, 2.05) is 13.2 Å². The number of nitrogens with one attached hydrogen (secondary N) is 2. The molecule has 2 aromatic rings. The summed E-state index contributed by atoms with van der Waals surface area (Å²) in [5.41, 5.74) is 1.72. The maximum absolute atomic E-state index is 13.5. The second-order valence-electron chi connectivity index (χ2n) is 6.20. The van der Waals surface area contributed by atoms with Crippen LogP contribution in [0.2, 0.25) is 0 Å². The predicted molar refractivity (Wildman–Crippen MR) is 91.7 cm³/mol. The first-order chi connectivity index (χ1) is 11.9. The van der Waals surface area contributed by atoms with Gasteiger partial charge >= 0.3 is 11.8 Å². The van der Waals surface area contributed by atoms with E-state index in [9.17, 15) is 14.0 Å². The van der Waals surface area contributed by atoms with E-state index < -0.39 is 17.6 Å². The van der Waals surface area contributed by atoms with E-state index >= 15 is 0 Å². The third kappa shape index (κ3) is 3.96. The number of hydrogen-bond acceptors (Lipinski definition) is 4. The average molecular weight is 345 g/mol. The van der Waals surface area contributed by atoms with Crippen molar-refractivity contribution in [1.82, 2.24) is 15.1 Å². The molecule has 1 aliphatic heterocycles. The second kappa shape index (κ2) is 6.92. The topological polar surface area (TPSA) is 79.3 Å². The number of aromatic nitrogens is 2. The molecule has 1 aliphatic rings. The van der Waals surface area contributed by atoms with E-state index in [1.54, 1.807) is 29.9 Å². The van der Waals surface area contributed by atoms with E-state index in [-0.39, 0.29) is 11.7 Å². The Balaban J connectivity index is 1.53. The van der Waals surface area contributed by atoms with Crippen LogP contribution < -0.4 is 15.5 Å². The third-order valence-electron chi connectivity index (χ3n) is 4.22. The Labute approximate surface area is 144 Å². The standard InChI is InChI=1S/C17H20FN5O2/c1-11-3-4-12(7-15(11)18)20-16(24)17(25)21-13-5-6-23(9-13)14-8-19-22(2)10-14/h3-4,7-8,10,13H,5-6,9H2,1-2H3,(H,20,24)(H,21,25). The highest BCUT2D eigenvalue weighted by Gasteiger charge is 2.27. The van der Waals surface area contributed by atoms with Gasteiger partial charge in [0.1, 0.15) is 5.82 Å². The van der Waals surface area contributed by atoms with Crippen molar-refractivity contribution in [2.24, 2.45) is 7.05 Å². The average Bonchev–Trinajstić information content (AvgIpc) is 3.19. The minimum atomic E-state index is -0.803. The van der Waals surface area contributed by atoms with E-state index in [2.05, 4.69) is 20.6 Å². The fraction of sp³-hybridized carbons (Fsp3) is 0.353. The molecule has 132 valence electrons. The highest BCUT2D eigenvalue weighted by Crippen LogP contribution is 2.19. The Morgan fingerprint density at radius 3 is 2.80 bits per heavy atom. The first-order valence-corrected chi connectivity index (χ1v) is 8.04. The molecular weight excluding hydrogens is 325 g/mol. The minimum Gasteiger partial charge on any atom is -0.367 e. The number of halogens is 1. The Hall–Kier alpha value is -2.90. The number of anilines is 2. The lowest BCUT2D eigenvalue weighted by Gasteiger charge is -2.16. The van der Waals surface area contributed by atoms with Crippen molar-refractivity contribution in [2.75, 3.05) is 23.3 Å². The van der Waals surface area contributed by atoms with Crippen LogP contribution in [0.5, 0.6) is 0 Å². The van der Waals surface area contributed by atoms with Gasteiger partial charge in [0.25, 0.3) is 0 Å². The molecule has 1 unspecified atom stereocenters. The molecule has 0 aliphatic carbocycles. The zero-order valence-electron chi connectivity index (χ0n) is 14.1. The van der Waals surface area contributed by atoms with Crippen LogP contribution in [0.4, 0.5) is 15.8 Å². The smallest absolute Gasteiger partial charge is 0.313 e. The second-order valence-corrected chi connectivity index (χ2v) is 6.20. The van der Waals surface area contributed by atoms with Crippen molar-refractivity contribution in [3.8, 4) is 0 Å². The van der Waals surface area contributed by atoms with Crippen LogP contribution in [0.3, 0.4) is 0 Å². The van der Waals surface area contributed by atoms with Crippen molar-refractivity contribution < 1.29 is 14.0 Å². The molecule has 1 aromatic carbocycles. The van der Waals surface area contributed by atoms with E-state index in [1.165, 1.54) is 6.07 Å². The van der Waals surface area contributed by atoms with E-state index in [0.29, 0.717) is 12.1 Å². The van der Waals surface area contributed by atoms with Gasteiger partial charge in [0.05, 0.1) is 11.9 Å². The van der Waals surface area contributed by atoms with Crippen molar-refractivity contribution in [2.45, 2.75) is 19.4 Å². The summed E-state index contributed by atoms with van der Waals surface area (Å²) in [6.45, 7) is 3.02. The summed E-state index contributed by atoms with van der Waals surface area (Å²) < 4.78 is 15.2. The zero-order chi connectivity index (χ0) is 18.0. The largest absolute Gasteiger partial charge is 0.367 e. The molecule has 2 heterocycles. The number of carbonyl (C=O) groups excluding carboxylic acids is 2. The van der Waals surface area contributed by atoms with Crippen LogP contribution in [0.25, 0.3) is 0 Å². The number of hydrogen-bond donors (Lipinski definition) is 2. The summed E-state index contributed by atoms with van der Waals surface area (Å²) >= 11 is 0. The zero-order valence-corrected chi connectivity index (χ0v) is 14.1. The molecule has 1 saturated heterocycles. The quantitative estimate of drug-likeness (QED) is 0.820. The predicted octanol–water partition coefficient (Wildman–Crippen LogP) is 1.20. The molecule has 2 N–H and O–H groups in total. The van der Waals surface area contributed by atoms with Crippen LogP contribution in [0, 0.1) is 12.7 Å². The number of nitrogens with zero attached hydrogens (tertiary/aromatic N) is 3. The van der Waals surface area contributed by atoms with Crippen molar-refractivity contribution in [3.63, 3.8) is 0 Å². The highest BCUT2D eigenvalue weighted by molar-refractivity contribution is 6.39. The molecule has 7 nitrogen and oxygen atoms in total. The van der Waals surface area contributed by atoms with Crippen LogP contribution in [-0.2, 0) is 16.6 Å². The first kappa shape index (κ1) is 16.9. The summed E-state index contributed by atoms with van der Waals surface area (Å²) in [7, 11) is 1.84. The summed E-state index contributed by atoms with van der Waals surface area (Å²) in [5.74, 6) is -1.96. The maximum Gasteiger partial charge on any atom is 0.313 e. The normalized spacial score (nSPS) is 16.8. The summed E-state index contributed by atoms with van der Waals surface area (Å²) in [6, 6.07) is 4.18. The Kier molecular flexibility index (Phi) is 4.69. The van der Waals surface area contributed by atoms with Gasteiger partial charge in [0.15, 0.2) is 0 Å². The van der Waals surface area contributed by atoms with Gasteiger partial charge in [-0.3, -0.25) is 14.3 Å². The number of aryl methyl sites for hydroxylation is 2. The monoisotopic (exact) mass is 345 g/mol. The van der Waals surface area contributed by atoms with Crippen LogP contribution >= 0.6 is 0 Å². The van der Waals surface area contributed by atoms with Gasteiger partial charge in [-0.15, -0.1) is 0 Å². The van der Waals surface area contributed by atoms with Gasteiger partial charge in [-0.05, 0) is 31.0 Å². The molecule has 2 amide bonds. The lowest BCUT2D eigenvalue weighted by molar-refractivity contribution is -0.136. The highest BCUT2D eigenvalue weighted by atomic mass is 19.1. The Bertz CT molecular complexity index is 804. The van der Waals surface area contributed by atoms with E-state index in [0.717, 1.165) is 18.7 Å². The molecule has 8 heteroatoms. The Morgan fingerprint density at radius 1 is 1.32 bits per heavy atom. The van der Waals surface area contributed by atoms with Gasteiger partial charge in [-0.1, -0.05) is 6.07 Å². The molecule has 0 spiro atoms. The summed E-state index contributed by atoms with van der Waals surface area (Å²) in [4.78, 5) is 26.1. The molecule has 0 saturated carbocycles. The van der Waals surface area contributed by atoms with Gasteiger partial charge < -0.3 is 15.5 Å². The molecule has 0 bridgehead atoms. The number of benzene rings is 1. The first-order valence-electron chi connectivity index (χ1n) is 8.04. The SMILES string of the molecule is Cc1ccc(NC(=O)C(=O)NC2CCN(c3cnn(C)c3)C2)cc1F. The van der Waals surface area contributed by atoms with Crippen LogP contribution in [0.15, 0.2) is 30.6 Å². The van der Waals surface area contributed by atoms with Crippen molar-refractivity contribution in [1.29, 1.82) is 0 Å². The molecule has 1 fully saturated rings. The minimum absolute atomic E-state index is 0.117. The van der Waals surface area contributed by atoms with Crippen LogP contribution in [-0.4, -0.2) is 40.7 Å². The van der Waals surface area contributed by atoms with Crippen molar-refractivity contribution in [3.05, 3.63) is 42.0 Å². The number of rotatable bonds is 3. The molecule has 25 heavy (non-hydrogen) atoms. The summed E-state index contributed by atoms with van der Waals surface area (Å²) in [5, 5.41) is 9.26. The molecule has 1 aromatic heterocycles. The molecular formula is C17H20FN5O2. The van der Waals surface area contributed by atoms with Gasteiger partial charge in [0, 0.05) is 38.1 Å².